The maximum atomic E-state index is 6.11. The van der Waals surface area contributed by atoms with Crippen LogP contribution in [-0.4, -0.2) is 59.1 Å². The largest absolute Gasteiger partial charge is 0.495 e. The standard InChI is InChI=1S/C36H36N6O3/c1-41(2)21-18-25-13-15-30(43-3)29(22-25)39-36-37-19-17-28(38-36)35-34(40-33-12-8-9-20-42(33)35)27-14-16-31(32(23-27)44-4)45-24-26-10-6-5-7-11-26/h5-17,19-20,22-23H,18,21,24H2,1-4H3,(H,37,38,39). The second-order valence-corrected chi connectivity index (χ2v) is 10.9. The second kappa shape index (κ2) is 13.5. The molecule has 3 aromatic carbocycles. The monoisotopic (exact) mass is 600 g/mol. The highest BCUT2D eigenvalue weighted by molar-refractivity contribution is 5.82. The quantitative estimate of drug-likeness (QED) is 0.162. The highest BCUT2D eigenvalue weighted by Gasteiger charge is 2.20. The van der Waals surface area contributed by atoms with Crippen molar-refractivity contribution in [1.29, 1.82) is 0 Å². The zero-order valence-electron chi connectivity index (χ0n) is 25.9. The predicted octanol–water partition coefficient (Wildman–Crippen LogP) is 6.90. The van der Waals surface area contributed by atoms with Crippen molar-refractivity contribution in [2.75, 3.05) is 40.2 Å². The number of likely N-dealkylation sites (N-methyl/N-ethyl adjacent to an activating group) is 1. The Labute approximate surface area is 263 Å². The van der Waals surface area contributed by atoms with Crippen LogP contribution in [0, 0.1) is 0 Å². The number of imidazole rings is 1. The summed E-state index contributed by atoms with van der Waals surface area (Å²) in [5, 5.41) is 3.39. The van der Waals surface area contributed by atoms with Crippen molar-refractivity contribution < 1.29 is 14.2 Å². The molecule has 45 heavy (non-hydrogen) atoms. The first-order valence-electron chi connectivity index (χ1n) is 14.8. The summed E-state index contributed by atoms with van der Waals surface area (Å²) in [4.78, 5) is 16.7. The molecule has 0 fully saturated rings. The molecular weight excluding hydrogens is 564 g/mol. The van der Waals surface area contributed by atoms with Gasteiger partial charge in [-0.15, -0.1) is 0 Å². The van der Waals surface area contributed by atoms with E-state index in [0.717, 1.165) is 52.6 Å². The number of anilines is 2. The van der Waals surface area contributed by atoms with Crippen LogP contribution in [0.25, 0.3) is 28.3 Å². The van der Waals surface area contributed by atoms with E-state index in [0.29, 0.717) is 29.7 Å². The predicted molar refractivity (Wildman–Crippen MR) is 178 cm³/mol. The van der Waals surface area contributed by atoms with Gasteiger partial charge in [0.15, 0.2) is 11.5 Å². The van der Waals surface area contributed by atoms with Gasteiger partial charge in [-0.3, -0.25) is 4.40 Å². The molecule has 228 valence electrons. The molecule has 0 unspecified atom stereocenters. The Hall–Kier alpha value is -5.41. The van der Waals surface area contributed by atoms with Gasteiger partial charge in [0.1, 0.15) is 18.0 Å². The van der Waals surface area contributed by atoms with Crippen molar-refractivity contribution >= 4 is 17.3 Å². The van der Waals surface area contributed by atoms with Gasteiger partial charge in [0, 0.05) is 24.5 Å². The number of nitrogens with one attached hydrogen (secondary N) is 1. The molecule has 6 rings (SSSR count). The Morgan fingerprint density at radius 2 is 1.58 bits per heavy atom. The first-order valence-corrected chi connectivity index (χ1v) is 14.8. The molecule has 0 aliphatic heterocycles. The number of nitrogens with zero attached hydrogens (tertiary/aromatic N) is 5. The number of hydrogen-bond donors (Lipinski definition) is 1. The van der Waals surface area contributed by atoms with Gasteiger partial charge in [-0.1, -0.05) is 42.5 Å². The number of methoxy groups -OCH3 is 2. The van der Waals surface area contributed by atoms with Crippen molar-refractivity contribution in [3.05, 3.63) is 115 Å². The van der Waals surface area contributed by atoms with Crippen LogP contribution < -0.4 is 19.5 Å². The van der Waals surface area contributed by atoms with E-state index in [-0.39, 0.29) is 0 Å². The van der Waals surface area contributed by atoms with Gasteiger partial charge < -0.3 is 24.4 Å². The van der Waals surface area contributed by atoms with Crippen LogP contribution in [0.2, 0.25) is 0 Å². The SMILES string of the molecule is COc1ccc(CCN(C)C)cc1Nc1nccc(-c2c(-c3ccc(OCc4ccccc4)c(OC)c3)nc3ccccn23)n1. The third-order valence-electron chi connectivity index (χ3n) is 7.46. The van der Waals surface area contributed by atoms with Crippen molar-refractivity contribution in [3.8, 4) is 39.9 Å². The molecule has 3 aromatic heterocycles. The number of pyridine rings is 1. The minimum Gasteiger partial charge on any atom is -0.495 e. The van der Waals surface area contributed by atoms with Crippen LogP contribution in [0.1, 0.15) is 11.1 Å². The van der Waals surface area contributed by atoms with E-state index in [1.54, 1.807) is 20.4 Å². The summed E-state index contributed by atoms with van der Waals surface area (Å²) in [6.07, 6.45) is 4.65. The van der Waals surface area contributed by atoms with Crippen molar-refractivity contribution in [2.24, 2.45) is 0 Å². The molecule has 0 saturated carbocycles. The molecule has 3 heterocycles. The summed E-state index contributed by atoms with van der Waals surface area (Å²) in [7, 11) is 7.45. The number of ether oxygens (including phenoxy) is 3. The van der Waals surface area contributed by atoms with E-state index in [1.807, 2.05) is 89.5 Å². The fourth-order valence-corrected chi connectivity index (χ4v) is 5.14. The van der Waals surface area contributed by atoms with Gasteiger partial charge >= 0.3 is 0 Å². The molecular formula is C36H36N6O3. The molecule has 9 heteroatoms. The van der Waals surface area contributed by atoms with Gasteiger partial charge in [-0.25, -0.2) is 15.0 Å². The van der Waals surface area contributed by atoms with E-state index in [4.69, 9.17) is 24.2 Å². The summed E-state index contributed by atoms with van der Waals surface area (Å²) in [6.45, 7) is 1.38. The zero-order valence-corrected chi connectivity index (χ0v) is 25.9. The zero-order chi connectivity index (χ0) is 31.2. The smallest absolute Gasteiger partial charge is 0.227 e. The maximum Gasteiger partial charge on any atom is 0.227 e. The van der Waals surface area contributed by atoms with E-state index in [2.05, 4.69) is 41.4 Å². The number of aromatic nitrogens is 4. The molecule has 0 bridgehead atoms. The van der Waals surface area contributed by atoms with E-state index in [9.17, 15) is 0 Å². The third kappa shape index (κ3) is 6.73. The molecule has 9 nitrogen and oxygen atoms in total. The number of hydrogen-bond acceptors (Lipinski definition) is 8. The van der Waals surface area contributed by atoms with Crippen molar-refractivity contribution in [2.45, 2.75) is 13.0 Å². The van der Waals surface area contributed by atoms with Crippen LogP contribution >= 0.6 is 0 Å². The van der Waals surface area contributed by atoms with Gasteiger partial charge in [-0.05, 0) is 80.2 Å². The van der Waals surface area contributed by atoms with Gasteiger partial charge in [0.25, 0.3) is 0 Å². The van der Waals surface area contributed by atoms with Crippen LogP contribution in [0.4, 0.5) is 11.6 Å². The number of fused-ring (bicyclic) bond motifs is 1. The fraction of sp³-hybridized carbons (Fsp3) is 0.194. The van der Waals surface area contributed by atoms with Crippen molar-refractivity contribution in [1.82, 2.24) is 24.3 Å². The highest BCUT2D eigenvalue weighted by Crippen LogP contribution is 2.38. The Bertz CT molecular complexity index is 1900. The lowest BCUT2D eigenvalue weighted by Gasteiger charge is -2.14. The second-order valence-electron chi connectivity index (χ2n) is 10.9. The first kappa shape index (κ1) is 29.7. The van der Waals surface area contributed by atoms with Crippen LogP contribution in [-0.2, 0) is 13.0 Å². The average Bonchev–Trinajstić information content (AvgIpc) is 3.47. The normalized spacial score (nSPS) is 11.1. The molecule has 1 N–H and O–H groups in total. The van der Waals surface area contributed by atoms with E-state index in [1.165, 1.54) is 5.56 Å². The van der Waals surface area contributed by atoms with Gasteiger partial charge in [-0.2, -0.15) is 0 Å². The topological polar surface area (TPSA) is 86.0 Å². The summed E-state index contributed by atoms with van der Waals surface area (Å²) in [5.41, 5.74) is 7.07. The lowest BCUT2D eigenvalue weighted by atomic mass is 10.1. The Kier molecular flexibility index (Phi) is 8.89. The minimum atomic E-state index is 0.441. The minimum absolute atomic E-state index is 0.441. The summed E-state index contributed by atoms with van der Waals surface area (Å²) >= 11 is 0. The number of rotatable bonds is 12. The Morgan fingerprint density at radius 1 is 0.778 bits per heavy atom. The highest BCUT2D eigenvalue weighted by atomic mass is 16.5. The maximum absolute atomic E-state index is 6.11. The lowest BCUT2D eigenvalue weighted by molar-refractivity contribution is 0.284. The molecule has 0 aliphatic carbocycles. The average molecular weight is 601 g/mol. The summed E-state index contributed by atoms with van der Waals surface area (Å²) in [6, 6.07) is 29.9. The van der Waals surface area contributed by atoms with Crippen LogP contribution in [0.3, 0.4) is 0 Å². The number of benzene rings is 3. The van der Waals surface area contributed by atoms with E-state index < -0.39 is 0 Å². The van der Waals surface area contributed by atoms with Gasteiger partial charge in [0.05, 0.1) is 37.0 Å². The van der Waals surface area contributed by atoms with Crippen LogP contribution in [0.5, 0.6) is 17.2 Å². The Morgan fingerprint density at radius 3 is 2.38 bits per heavy atom. The fourth-order valence-electron chi connectivity index (χ4n) is 5.14. The van der Waals surface area contributed by atoms with Gasteiger partial charge in [0.2, 0.25) is 5.95 Å². The molecule has 0 aliphatic rings. The van der Waals surface area contributed by atoms with E-state index >= 15 is 0 Å². The van der Waals surface area contributed by atoms with Crippen LogP contribution in [0.15, 0.2) is 103 Å². The molecule has 0 amide bonds. The molecule has 0 saturated heterocycles. The Balaban J connectivity index is 1.35. The first-order chi connectivity index (χ1) is 22.0. The molecule has 6 aromatic rings. The molecule has 0 radical (unpaired) electrons. The molecule has 0 spiro atoms. The van der Waals surface area contributed by atoms with Crippen molar-refractivity contribution in [3.63, 3.8) is 0 Å². The summed E-state index contributed by atoms with van der Waals surface area (Å²) < 4.78 is 19.5. The third-order valence-corrected chi connectivity index (χ3v) is 7.46. The molecule has 0 atom stereocenters. The lowest BCUT2D eigenvalue weighted by Crippen LogP contribution is -2.15. The summed E-state index contributed by atoms with van der Waals surface area (Å²) in [5.74, 6) is 2.45.